The summed E-state index contributed by atoms with van der Waals surface area (Å²) in [5.41, 5.74) is 2.91. The highest BCUT2D eigenvalue weighted by molar-refractivity contribution is 5.36. The van der Waals surface area contributed by atoms with Gasteiger partial charge in [0.1, 0.15) is 0 Å². The normalized spacial score (nSPS) is 26.8. The summed E-state index contributed by atoms with van der Waals surface area (Å²) in [7, 11) is 0. The molecule has 1 aromatic carbocycles. The van der Waals surface area contributed by atoms with Crippen LogP contribution in [0.2, 0.25) is 0 Å². The quantitative estimate of drug-likeness (QED) is 0.835. The summed E-state index contributed by atoms with van der Waals surface area (Å²) in [6.45, 7) is 2.58. The molecule has 1 saturated carbocycles. The molecule has 0 amide bonds. The summed E-state index contributed by atoms with van der Waals surface area (Å²) in [5, 5.41) is 13.0. The van der Waals surface area contributed by atoms with Crippen molar-refractivity contribution in [2.75, 3.05) is 19.7 Å². The van der Waals surface area contributed by atoms with Gasteiger partial charge in [0.05, 0.1) is 6.61 Å². The highest BCUT2D eigenvalue weighted by Gasteiger charge is 2.43. The molecule has 17 heavy (non-hydrogen) atoms. The van der Waals surface area contributed by atoms with E-state index in [0.717, 1.165) is 25.9 Å². The van der Waals surface area contributed by atoms with Gasteiger partial charge in [0, 0.05) is 12.0 Å². The third-order valence-corrected chi connectivity index (χ3v) is 4.42. The predicted octanol–water partition coefficient (Wildman–Crippen LogP) is 2.18. The minimum absolute atomic E-state index is 0.109. The lowest BCUT2D eigenvalue weighted by atomic mass is 9.87. The molecule has 1 atom stereocenters. The van der Waals surface area contributed by atoms with Crippen molar-refractivity contribution in [1.82, 2.24) is 5.32 Å². The summed E-state index contributed by atoms with van der Waals surface area (Å²) < 4.78 is 0. The first-order chi connectivity index (χ1) is 8.34. The number of aliphatic hydroxyl groups excluding tert-OH is 1. The van der Waals surface area contributed by atoms with E-state index in [-0.39, 0.29) is 5.41 Å². The summed E-state index contributed by atoms with van der Waals surface area (Å²) in [4.78, 5) is 0. The molecule has 1 heterocycles. The Morgan fingerprint density at radius 2 is 2.24 bits per heavy atom. The molecule has 92 valence electrons. The smallest absolute Gasteiger partial charge is 0.0527 e. The van der Waals surface area contributed by atoms with Crippen LogP contribution in [-0.4, -0.2) is 24.8 Å². The van der Waals surface area contributed by atoms with Gasteiger partial charge >= 0.3 is 0 Å². The van der Waals surface area contributed by atoms with Gasteiger partial charge in [-0.15, -0.1) is 0 Å². The third-order valence-electron chi connectivity index (χ3n) is 4.42. The highest BCUT2D eigenvalue weighted by atomic mass is 16.3. The molecule has 3 rings (SSSR count). The van der Waals surface area contributed by atoms with Crippen molar-refractivity contribution in [1.29, 1.82) is 0 Å². The fourth-order valence-electron chi connectivity index (χ4n) is 2.95. The maximum Gasteiger partial charge on any atom is 0.0527 e. The average molecular weight is 231 g/mol. The van der Waals surface area contributed by atoms with Crippen LogP contribution < -0.4 is 5.32 Å². The molecule has 2 aliphatic rings. The van der Waals surface area contributed by atoms with Crippen LogP contribution in [0.5, 0.6) is 0 Å². The summed E-state index contributed by atoms with van der Waals surface area (Å²) in [6.07, 6.45) is 4.87. The molecule has 0 bridgehead atoms. The van der Waals surface area contributed by atoms with Crippen LogP contribution >= 0.6 is 0 Å². The van der Waals surface area contributed by atoms with E-state index < -0.39 is 0 Å². The zero-order valence-corrected chi connectivity index (χ0v) is 10.3. The number of hydrogen-bond donors (Lipinski definition) is 2. The second-order valence-electron chi connectivity index (χ2n) is 5.61. The van der Waals surface area contributed by atoms with Crippen LogP contribution in [0.15, 0.2) is 24.3 Å². The number of hydrogen-bond acceptors (Lipinski definition) is 2. The first-order valence-corrected chi connectivity index (χ1v) is 6.76. The number of aliphatic hydroxyl groups is 1. The number of rotatable bonds is 3. The second kappa shape index (κ2) is 4.43. The SMILES string of the molecule is OCC1(c2cccc(C3CCCNC3)c2)CC1. The van der Waals surface area contributed by atoms with Crippen molar-refractivity contribution in [3.63, 3.8) is 0 Å². The largest absolute Gasteiger partial charge is 0.395 e. The molecule has 2 heteroatoms. The van der Waals surface area contributed by atoms with Crippen molar-refractivity contribution >= 4 is 0 Å². The maximum absolute atomic E-state index is 9.50. The van der Waals surface area contributed by atoms with Crippen molar-refractivity contribution < 1.29 is 5.11 Å². The standard InChI is InChI=1S/C15H21NO/c17-11-15(6-7-15)14-5-1-3-12(9-14)13-4-2-8-16-10-13/h1,3,5,9,13,16-17H,2,4,6-8,10-11H2. The topological polar surface area (TPSA) is 32.3 Å². The summed E-state index contributed by atoms with van der Waals surface area (Å²) in [6, 6.07) is 8.92. The van der Waals surface area contributed by atoms with Gasteiger partial charge < -0.3 is 10.4 Å². The third kappa shape index (κ3) is 2.12. The Bertz CT molecular complexity index is 392. The van der Waals surface area contributed by atoms with Crippen molar-refractivity contribution in [2.24, 2.45) is 0 Å². The van der Waals surface area contributed by atoms with Gasteiger partial charge in [-0.25, -0.2) is 0 Å². The van der Waals surface area contributed by atoms with Gasteiger partial charge in [0.2, 0.25) is 0 Å². The second-order valence-corrected chi connectivity index (χ2v) is 5.61. The molecule has 0 radical (unpaired) electrons. The van der Waals surface area contributed by atoms with Crippen molar-refractivity contribution in [2.45, 2.75) is 37.0 Å². The molecule has 0 aromatic heterocycles. The molecular weight excluding hydrogens is 210 g/mol. The first kappa shape index (κ1) is 11.2. The van der Waals surface area contributed by atoms with Crippen LogP contribution in [0.25, 0.3) is 0 Å². The number of nitrogens with one attached hydrogen (secondary N) is 1. The van der Waals surface area contributed by atoms with Gasteiger partial charge in [-0.2, -0.15) is 0 Å². The van der Waals surface area contributed by atoms with Gasteiger partial charge in [-0.3, -0.25) is 0 Å². The van der Waals surface area contributed by atoms with Gasteiger partial charge in [-0.05, 0) is 49.3 Å². The summed E-state index contributed by atoms with van der Waals surface area (Å²) in [5.74, 6) is 0.665. The maximum atomic E-state index is 9.50. The molecule has 1 unspecified atom stereocenters. The minimum Gasteiger partial charge on any atom is -0.395 e. The van der Waals surface area contributed by atoms with E-state index in [4.69, 9.17) is 0 Å². The summed E-state index contributed by atoms with van der Waals surface area (Å²) >= 11 is 0. The van der Waals surface area contributed by atoms with E-state index in [9.17, 15) is 5.11 Å². The Labute approximate surface area is 103 Å². The zero-order chi connectivity index (χ0) is 11.7. The van der Waals surface area contributed by atoms with E-state index in [1.807, 2.05) is 0 Å². The molecule has 1 aromatic rings. The van der Waals surface area contributed by atoms with Crippen LogP contribution in [0.4, 0.5) is 0 Å². The van der Waals surface area contributed by atoms with Gasteiger partial charge in [0.25, 0.3) is 0 Å². The molecule has 1 aliphatic carbocycles. The Morgan fingerprint density at radius 1 is 1.35 bits per heavy atom. The Balaban J connectivity index is 1.83. The van der Waals surface area contributed by atoms with E-state index in [1.165, 1.54) is 24.0 Å². The zero-order valence-electron chi connectivity index (χ0n) is 10.3. The van der Waals surface area contributed by atoms with E-state index in [1.54, 1.807) is 0 Å². The highest BCUT2D eigenvalue weighted by Crippen LogP contribution is 2.48. The van der Waals surface area contributed by atoms with Crippen LogP contribution in [-0.2, 0) is 5.41 Å². The fourth-order valence-corrected chi connectivity index (χ4v) is 2.95. The molecule has 2 fully saturated rings. The molecule has 0 spiro atoms. The monoisotopic (exact) mass is 231 g/mol. The average Bonchev–Trinajstić information content (AvgIpc) is 3.21. The van der Waals surface area contributed by atoms with Crippen LogP contribution in [0, 0.1) is 0 Å². The van der Waals surface area contributed by atoms with Crippen LogP contribution in [0.1, 0.15) is 42.7 Å². The molecule has 1 saturated heterocycles. The Hall–Kier alpha value is -0.860. The lowest BCUT2D eigenvalue weighted by Crippen LogP contribution is -2.28. The minimum atomic E-state index is 0.109. The number of benzene rings is 1. The molecule has 2 N–H and O–H groups in total. The fraction of sp³-hybridized carbons (Fsp3) is 0.600. The van der Waals surface area contributed by atoms with Crippen molar-refractivity contribution in [3.8, 4) is 0 Å². The van der Waals surface area contributed by atoms with E-state index in [2.05, 4.69) is 29.6 Å². The van der Waals surface area contributed by atoms with E-state index >= 15 is 0 Å². The molecule has 1 aliphatic heterocycles. The Kier molecular flexibility index (Phi) is 2.93. The van der Waals surface area contributed by atoms with Gasteiger partial charge in [0.15, 0.2) is 0 Å². The van der Waals surface area contributed by atoms with E-state index in [0.29, 0.717) is 12.5 Å². The Morgan fingerprint density at radius 3 is 2.88 bits per heavy atom. The predicted molar refractivity (Wildman–Crippen MR) is 69.3 cm³/mol. The van der Waals surface area contributed by atoms with Crippen molar-refractivity contribution in [3.05, 3.63) is 35.4 Å². The lowest BCUT2D eigenvalue weighted by molar-refractivity contribution is 0.255. The lowest BCUT2D eigenvalue weighted by Gasteiger charge is -2.24. The molecular formula is C15H21NO. The van der Waals surface area contributed by atoms with Gasteiger partial charge in [-0.1, -0.05) is 24.3 Å². The molecule has 2 nitrogen and oxygen atoms in total. The first-order valence-electron chi connectivity index (χ1n) is 6.76. The van der Waals surface area contributed by atoms with Crippen LogP contribution in [0.3, 0.4) is 0 Å². The number of piperidine rings is 1.